The van der Waals surface area contributed by atoms with Gasteiger partial charge >= 0.3 is 0 Å². The maximum Gasteiger partial charge on any atom is -0.0209 e. The van der Waals surface area contributed by atoms with Crippen LogP contribution in [-0.2, 0) is 0 Å². The highest BCUT2D eigenvalue weighted by Crippen LogP contribution is 2.75. The summed E-state index contributed by atoms with van der Waals surface area (Å²) in [4.78, 5) is 0. The molecular formula is C85H164. The van der Waals surface area contributed by atoms with Crippen molar-refractivity contribution in [3.05, 3.63) is 0 Å². The molecule has 0 aliphatic heterocycles. The largest absolute Gasteiger partial charge is 0.0654 e. The van der Waals surface area contributed by atoms with Gasteiger partial charge in [0.2, 0.25) is 0 Å². The fraction of sp³-hybridized carbons (Fsp3) is 1.00. The van der Waals surface area contributed by atoms with Gasteiger partial charge in [0.15, 0.2) is 0 Å². The Morgan fingerprint density at radius 1 is 0.271 bits per heavy atom. The second-order valence-corrected chi connectivity index (χ2v) is 32.4. The zero-order valence-corrected chi connectivity index (χ0v) is 61.8. The van der Waals surface area contributed by atoms with Crippen LogP contribution in [0.15, 0.2) is 0 Å². The molecule has 0 heterocycles. The van der Waals surface area contributed by atoms with E-state index in [1.54, 1.807) is 57.8 Å². The van der Waals surface area contributed by atoms with Gasteiger partial charge in [-0.3, -0.25) is 0 Å². The highest BCUT2D eigenvalue weighted by atomic mass is 14.7. The summed E-state index contributed by atoms with van der Waals surface area (Å²) in [5, 5.41) is 0. The van der Waals surface area contributed by atoms with Crippen molar-refractivity contribution in [1.29, 1.82) is 0 Å². The van der Waals surface area contributed by atoms with Crippen LogP contribution in [0, 0.1) is 118 Å². The topological polar surface area (TPSA) is 0 Å². The molecule has 0 aromatic rings. The summed E-state index contributed by atoms with van der Waals surface area (Å²) in [6.45, 7) is 38.9. The zero-order chi connectivity index (χ0) is 61.8. The van der Waals surface area contributed by atoms with Crippen LogP contribution >= 0.6 is 0 Å². The maximum absolute atomic E-state index is 2.78. The third-order valence-electron chi connectivity index (χ3n) is 27.0. The van der Waals surface area contributed by atoms with E-state index in [0.29, 0.717) is 5.41 Å². The normalized spacial score (nSPS) is 25.6. The Bertz CT molecular complexity index is 1530. The van der Waals surface area contributed by atoms with Crippen LogP contribution in [0.25, 0.3) is 0 Å². The monoisotopic (exact) mass is 1190 g/mol. The van der Waals surface area contributed by atoms with Crippen LogP contribution in [0.3, 0.4) is 0 Å². The van der Waals surface area contributed by atoms with E-state index < -0.39 is 0 Å². The molecule has 85 heavy (non-hydrogen) atoms. The van der Waals surface area contributed by atoms with Crippen molar-refractivity contribution in [2.24, 2.45) is 118 Å². The minimum atomic E-state index is 0.708. The van der Waals surface area contributed by atoms with E-state index in [1.807, 2.05) is 0 Å². The molecule has 4 saturated carbocycles. The molecule has 19 unspecified atom stereocenters. The molecule has 19 atom stereocenters. The van der Waals surface area contributed by atoms with Gasteiger partial charge in [-0.15, -0.1) is 0 Å². The molecule has 0 amide bonds. The third-order valence-corrected chi connectivity index (χ3v) is 27.0. The number of hydrogen-bond acceptors (Lipinski definition) is 0. The summed E-state index contributed by atoms with van der Waals surface area (Å²) >= 11 is 0. The lowest BCUT2D eigenvalue weighted by molar-refractivity contribution is -0.128. The van der Waals surface area contributed by atoms with E-state index in [9.17, 15) is 0 Å². The van der Waals surface area contributed by atoms with Gasteiger partial charge in [-0.25, -0.2) is 0 Å². The summed E-state index contributed by atoms with van der Waals surface area (Å²) in [5.41, 5.74) is 0.708. The van der Waals surface area contributed by atoms with Crippen LogP contribution in [0.5, 0.6) is 0 Å². The minimum absolute atomic E-state index is 0.708. The first-order valence-corrected chi connectivity index (χ1v) is 41.6. The number of unbranched alkanes of at least 4 members (excludes halogenated alkanes) is 14. The molecule has 0 nitrogen and oxygen atoms in total. The molecule has 2 bridgehead atoms. The summed E-state index contributed by atoms with van der Waals surface area (Å²) < 4.78 is 0. The SMILES string of the molecule is CCCCC(C1CCCC1)C(CCCC)C(CCCC)C(CCCC)C(CCCC)C(CCCC)C(CCCC)C(CCCC)C(CCCC)C(CCCC)C(CCCC)C(CCCC)C(CCCC)C(CCCC)C1CC2CC3CC(C)C21C3. The Morgan fingerprint density at radius 3 is 0.765 bits per heavy atom. The van der Waals surface area contributed by atoms with Crippen molar-refractivity contribution in [1.82, 2.24) is 0 Å². The van der Waals surface area contributed by atoms with Gasteiger partial charge in [-0.2, -0.15) is 0 Å². The van der Waals surface area contributed by atoms with Crippen LogP contribution < -0.4 is 0 Å². The molecule has 1 spiro atoms. The van der Waals surface area contributed by atoms with E-state index in [1.165, 1.54) is 263 Å². The van der Waals surface area contributed by atoms with E-state index in [0.717, 1.165) is 112 Å². The Morgan fingerprint density at radius 2 is 0.506 bits per heavy atom. The lowest BCUT2D eigenvalue weighted by atomic mass is 9.43. The van der Waals surface area contributed by atoms with Crippen LogP contribution in [0.1, 0.15) is 425 Å². The number of hydrogen-bond donors (Lipinski definition) is 0. The number of fused-ring (bicyclic) bond motifs is 1. The molecule has 4 rings (SSSR count). The quantitative estimate of drug-likeness (QED) is 0.0569. The van der Waals surface area contributed by atoms with Crippen LogP contribution in [-0.4, -0.2) is 0 Å². The molecule has 4 fully saturated rings. The highest BCUT2D eigenvalue weighted by molar-refractivity contribution is 5.16. The van der Waals surface area contributed by atoms with Crippen molar-refractivity contribution in [3.8, 4) is 0 Å². The van der Waals surface area contributed by atoms with Crippen molar-refractivity contribution in [2.45, 2.75) is 425 Å². The van der Waals surface area contributed by atoms with Gasteiger partial charge in [0.25, 0.3) is 0 Å². The van der Waals surface area contributed by atoms with Gasteiger partial charge in [0, 0.05) is 0 Å². The highest BCUT2D eigenvalue weighted by Gasteiger charge is 2.68. The molecular weight excluding hydrogens is 1020 g/mol. The van der Waals surface area contributed by atoms with Gasteiger partial charge in [0.1, 0.15) is 0 Å². The summed E-state index contributed by atoms with van der Waals surface area (Å²) in [6.07, 6.45) is 74.0. The Balaban J connectivity index is 2.09. The smallest absolute Gasteiger partial charge is 0.0209 e. The molecule has 0 aromatic carbocycles. The first-order chi connectivity index (χ1) is 41.6. The van der Waals surface area contributed by atoms with E-state index in [4.69, 9.17) is 0 Å². The predicted molar refractivity (Wildman–Crippen MR) is 385 cm³/mol. The Labute approximate surface area is 539 Å². The lowest BCUT2D eigenvalue weighted by Gasteiger charge is -2.61. The molecule has 504 valence electrons. The van der Waals surface area contributed by atoms with E-state index in [2.05, 4.69) is 104 Å². The molecule has 0 N–H and O–H groups in total. The second-order valence-electron chi connectivity index (χ2n) is 32.4. The molecule has 0 radical (unpaired) electrons. The molecule has 4 aliphatic carbocycles. The Hall–Kier alpha value is 0. The maximum atomic E-state index is 2.78. The molecule has 0 heteroatoms. The Kier molecular flexibility index (Phi) is 41.3. The first-order valence-electron chi connectivity index (χ1n) is 41.6. The summed E-state index contributed by atoms with van der Waals surface area (Å²) in [7, 11) is 0. The first kappa shape index (κ1) is 77.4. The summed E-state index contributed by atoms with van der Waals surface area (Å²) in [5.74, 6) is 18.0. The second kappa shape index (κ2) is 45.3. The predicted octanol–water partition coefficient (Wildman–Crippen LogP) is 29.5. The van der Waals surface area contributed by atoms with E-state index in [-0.39, 0.29) is 0 Å². The van der Waals surface area contributed by atoms with Gasteiger partial charge in [-0.05, 0) is 233 Å². The van der Waals surface area contributed by atoms with Crippen molar-refractivity contribution < 1.29 is 0 Å². The van der Waals surface area contributed by atoms with Crippen LogP contribution in [0.2, 0.25) is 0 Å². The average molecular weight is 1190 g/mol. The fourth-order valence-electron chi connectivity index (χ4n) is 23.0. The third kappa shape index (κ3) is 22.6. The van der Waals surface area contributed by atoms with Gasteiger partial charge < -0.3 is 0 Å². The van der Waals surface area contributed by atoms with Crippen molar-refractivity contribution >= 4 is 0 Å². The molecule has 0 saturated heterocycles. The van der Waals surface area contributed by atoms with E-state index >= 15 is 0 Å². The lowest BCUT2D eigenvalue weighted by Crippen LogP contribution is -2.55. The van der Waals surface area contributed by atoms with Crippen LogP contribution in [0.4, 0.5) is 0 Å². The van der Waals surface area contributed by atoms with Gasteiger partial charge in [0.05, 0.1) is 0 Å². The van der Waals surface area contributed by atoms with Crippen molar-refractivity contribution in [2.75, 3.05) is 0 Å². The van der Waals surface area contributed by atoms with Gasteiger partial charge in [-0.1, -0.05) is 309 Å². The average Bonchev–Trinajstić information content (AvgIpc) is 1.59. The molecule has 0 aromatic heterocycles. The molecule has 4 aliphatic rings. The standard InChI is InChI=1S/C85H164/c1-16-30-48-70(68-46-44-45-47-68)71(49-31-17-2)72(50-32-18-3)73(51-33-19-4)74(52-34-20-5)75(53-35-21-6)76(54-36-22-7)77(55-37-23-8)78(56-38-24-9)79(57-39-25-10)80(58-40-26-11)81(59-41-27-12)82(60-42-28-13)83(61-43-29-14)84-64-69-63-67-62-66(15)85(69,84)65-67/h66-84H,16-65H2,1-15H3. The number of rotatable bonds is 57. The summed E-state index contributed by atoms with van der Waals surface area (Å²) in [6, 6.07) is 0. The fourth-order valence-corrected chi connectivity index (χ4v) is 23.0. The minimum Gasteiger partial charge on any atom is -0.0654 e. The van der Waals surface area contributed by atoms with Crippen molar-refractivity contribution in [3.63, 3.8) is 0 Å². The zero-order valence-electron chi connectivity index (χ0n) is 61.8.